The molecule has 0 saturated heterocycles. The van der Waals surface area contributed by atoms with Gasteiger partial charge in [-0.05, 0) is 24.5 Å². The van der Waals surface area contributed by atoms with Gasteiger partial charge in [-0.3, -0.25) is 0 Å². The summed E-state index contributed by atoms with van der Waals surface area (Å²) in [6.45, 7) is 0. The molecule has 2 nitrogen and oxygen atoms in total. The number of aryl methyl sites for hydroxylation is 1. The number of aliphatic carboxylic acids is 1. The molecule has 4 heteroatoms. The van der Waals surface area contributed by atoms with Gasteiger partial charge in [0.2, 0.25) is 0 Å². The summed E-state index contributed by atoms with van der Waals surface area (Å²) in [6, 6.07) is 3.36. The summed E-state index contributed by atoms with van der Waals surface area (Å²) in [6.07, 6.45) is 3.21. The minimum Gasteiger partial charge on any atom is -0.478 e. The average Bonchev–Trinajstić information content (AvgIpc) is 2.14. The van der Waals surface area contributed by atoms with Crippen LogP contribution in [0.15, 0.2) is 30.4 Å². The lowest BCUT2D eigenvalue weighted by molar-refractivity contribution is -0.131. The third kappa shape index (κ3) is 3.89. The van der Waals surface area contributed by atoms with Crippen molar-refractivity contribution in [3.63, 3.8) is 0 Å². The molecular weight excluding hydrogens is 202 g/mol. The monoisotopic (exact) mass is 212 g/mol. The van der Waals surface area contributed by atoms with Crippen molar-refractivity contribution < 1.29 is 18.7 Å². The normalized spacial score (nSPS) is 10.8. The maximum absolute atomic E-state index is 13.1. The predicted molar refractivity (Wildman–Crippen MR) is 51.5 cm³/mol. The number of hydrogen-bond acceptors (Lipinski definition) is 1. The van der Waals surface area contributed by atoms with E-state index >= 15 is 0 Å². The lowest BCUT2D eigenvalue weighted by atomic mass is 10.1. The van der Waals surface area contributed by atoms with E-state index in [-0.39, 0.29) is 0 Å². The Bertz CT molecular complexity index is 386. The summed E-state index contributed by atoms with van der Waals surface area (Å²) in [4.78, 5) is 10.1. The van der Waals surface area contributed by atoms with Gasteiger partial charge in [-0.15, -0.1) is 0 Å². The third-order valence-electron chi connectivity index (χ3n) is 1.86. The first-order valence-corrected chi connectivity index (χ1v) is 4.43. The molecule has 0 aliphatic rings. The van der Waals surface area contributed by atoms with Gasteiger partial charge >= 0.3 is 5.97 Å². The van der Waals surface area contributed by atoms with E-state index in [0.717, 1.165) is 12.1 Å². The molecule has 0 aromatic heterocycles. The number of rotatable bonds is 4. The molecule has 1 rings (SSSR count). The molecule has 0 bridgehead atoms. The minimum absolute atomic E-state index is 0.357. The van der Waals surface area contributed by atoms with Crippen LogP contribution in [0.5, 0.6) is 0 Å². The van der Waals surface area contributed by atoms with Crippen molar-refractivity contribution in [3.8, 4) is 0 Å². The number of carboxylic acids is 1. The second kappa shape index (κ2) is 5.24. The first-order chi connectivity index (χ1) is 7.09. The Balaban J connectivity index is 2.54. The summed E-state index contributed by atoms with van der Waals surface area (Å²) in [5, 5.41) is 8.29. The molecule has 15 heavy (non-hydrogen) atoms. The van der Waals surface area contributed by atoms with E-state index in [1.165, 1.54) is 18.2 Å². The quantitative estimate of drug-likeness (QED) is 0.778. The molecule has 80 valence electrons. The number of halogens is 2. The van der Waals surface area contributed by atoms with Gasteiger partial charge in [0.1, 0.15) is 11.6 Å². The van der Waals surface area contributed by atoms with Gasteiger partial charge in [-0.1, -0.05) is 12.1 Å². The summed E-state index contributed by atoms with van der Waals surface area (Å²) in [5.41, 5.74) is 0.381. The molecule has 0 unspecified atom stereocenters. The summed E-state index contributed by atoms with van der Waals surface area (Å²) in [5.74, 6) is -2.24. The van der Waals surface area contributed by atoms with Crippen molar-refractivity contribution in [3.05, 3.63) is 47.5 Å². The van der Waals surface area contributed by atoms with Gasteiger partial charge in [-0.2, -0.15) is 0 Å². The number of carbonyl (C=O) groups is 1. The van der Waals surface area contributed by atoms with Crippen molar-refractivity contribution >= 4 is 5.97 Å². The number of benzene rings is 1. The zero-order chi connectivity index (χ0) is 11.3. The number of hydrogen-bond donors (Lipinski definition) is 1. The zero-order valence-corrected chi connectivity index (χ0v) is 7.91. The van der Waals surface area contributed by atoms with Crippen LogP contribution in [-0.2, 0) is 11.2 Å². The van der Waals surface area contributed by atoms with Crippen LogP contribution in [0, 0.1) is 11.6 Å². The van der Waals surface area contributed by atoms with E-state index in [9.17, 15) is 13.6 Å². The van der Waals surface area contributed by atoms with Crippen LogP contribution < -0.4 is 0 Å². The molecule has 0 heterocycles. The van der Waals surface area contributed by atoms with E-state index in [0.29, 0.717) is 18.4 Å². The fourth-order valence-electron chi connectivity index (χ4n) is 1.15. The van der Waals surface area contributed by atoms with Gasteiger partial charge in [-0.25, -0.2) is 13.6 Å². The Morgan fingerprint density at radius 3 is 2.73 bits per heavy atom. The maximum atomic E-state index is 13.1. The molecule has 1 aromatic rings. The summed E-state index contributed by atoms with van der Waals surface area (Å²) in [7, 11) is 0. The van der Waals surface area contributed by atoms with Crippen molar-refractivity contribution in [2.75, 3.05) is 0 Å². The Morgan fingerprint density at radius 1 is 1.40 bits per heavy atom. The molecule has 0 aliphatic carbocycles. The van der Waals surface area contributed by atoms with Gasteiger partial charge in [0, 0.05) is 12.1 Å². The van der Waals surface area contributed by atoms with Crippen LogP contribution in [0.4, 0.5) is 8.78 Å². The Kier molecular flexibility index (Phi) is 3.97. The van der Waals surface area contributed by atoms with Crippen LogP contribution in [0.25, 0.3) is 0 Å². The van der Waals surface area contributed by atoms with Crippen molar-refractivity contribution in [1.82, 2.24) is 0 Å². The van der Waals surface area contributed by atoms with Crippen LogP contribution in [0.1, 0.15) is 12.0 Å². The van der Waals surface area contributed by atoms with E-state index in [1.807, 2.05) is 0 Å². The largest absolute Gasteiger partial charge is 0.478 e. The zero-order valence-electron chi connectivity index (χ0n) is 7.91. The van der Waals surface area contributed by atoms with Gasteiger partial charge in [0.25, 0.3) is 0 Å². The molecule has 0 amide bonds. The fraction of sp³-hybridized carbons (Fsp3) is 0.182. The van der Waals surface area contributed by atoms with Gasteiger partial charge in [0.15, 0.2) is 0 Å². The lowest BCUT2D eigenvalue weighted by Gasteiger charge is -2.00. The summed E-state index contributed by atoms with van der Waals surface area (Å²) < 4.78 is 25.6. The number of carboxylic acid groups (broad SMARTS) is 1. The van der Waals surface area contributed by atoms with Crippen LogP contribution in [0.3, 0.4) is 0 Å². The molecular formula is C11H10F2O2. The molecule has 1 aromatic carbocycles. The van der Waals surface area contributed by atoms with Crippen molar-refractivity contribution in [1.29, 1.82) is 0 Å². The van der Waals surface area contributed by atoms with Crippen molar-refractivity contribution in [2.45, 2.75) is 12.8 Å². The highest BCUT2D eigenvalue weighted by molar-refractivity contribution is 5.79. The van der Waals surface area contributed by atoms with E-state index in [1.54, 1.807) is 0 Å². The molecule has 0 fully saturated rings. The Hall–Kier alpha value is -1.71. The maximum Gasteiger partial charge on any atom is 0.327 e. The van der Waals surface area contributed by atoms with Crippen molar-refractivity contribution in [2.24, 2.45) is 0 Å². The Labute approximate surface area is 85.9 Å². The SMILES string of the molecule is O=C(O)/C=C/CCc1ccc(F)cc1F. The predicted octanol–water partition coefficient (Wildman–Crippen LogP) is 2.54. The fourth-order valence-corrected chi connectivity index (χ4v) is 1.15. The molecule has 0 atom stereocenters. The highest BCUT2D eigenvalue weighted by atomic mass is 19.1. The van der Waals surface area contributed by atoms with E-state index in [4.69, 9.17) is 5.11 Å². The highest BCUT2D eigenvalue weighted by Gasteiger charge is 2.02. The van der Waals surface area contributed by atoms with Gasteiger partial charge in [0.05, 0.1) is 0 Å². The second-order valence-corrected chi connectivity index (χ2v) is 3.02. The number of allylic oxidation sites excluding steroid dienone is 1. The molecule has 1 N–H and O–H groups in total. The third-order valence-corrected chi connectivity index (χ3v) is 1.86. The highest BCUT2D eigenvalue weighted by Crippen LogP contribution is 2.11. The smallest absolute Gasteiger partial charge is 0.327 e. The van der Waals surface area contributed by atoms with Crippen LogP contribution in [-0.4, -0.2) is 11.1 Å². The molecule has 0 spiro atoms. The van der Waals surface area contributed by atoms with E-state index < -0.39 is 17.6 Å². The second-order valence-electron chi connectivity index (χ2n) is 3.02. The molecule has 0 aliphatic heterocycles. The molecule has 0 saturated carbocycles. The van der Waals surface area contributed by atoms with Crippen LogP contribution in [0.2, 0.25) is 0 Å². The summed E-state index contributed by atoms with van der Waals surface area (Å²) >= 11 is 0. The standard InChI is InChI=1S/C11H10F2O2/c12-9-6-5-8(10(13)7-9)3-1-2-4-11(14)15/h2,4-7H,1,3H2,(H,14,15)/b4-2+. The molecule has 0 radical (unpaired) electrons. The average molecular weight is 212 g/mol. The lowest BCUT2D eigenvalue weighted by Crippen LogP contribution is -1.91. The topological polar surface area (TPSA) is 37.3 Å². The van der Waals surface area contributed by atoms with Gasteiger partial charge < -0.3 is 5.11 Å². The minimum atomic E-state index is -1.03. The van der Waals surface area contributed by atoms with Crippen LogP contribution >= 0.6 is 0 Å². The Morgan fingerprint density at radius 2 is 2.13 bits per heavy atom. The van der Waals surface area contributed by atoms with E-state index in [2.05, 4.69) is 0 Å². The first-order valence-electron chi connectivity index (χ1n) is 4.43. The first kappa shape index (κ1) is 11.4.